The summed E-state index contributed by atoms with van der Waals surface area (Å²) in [6.07, 6.45) is 59.6. The quantitative estimate of drug-likeness (QED) is 0.0418. The summed E-state index contributed by atoms with van der Waals surface area (Å²) in [4.78, 5) is 24.4. The van der Waals surface area contributed by atoms with Crippen molar-refractivity contribution in [1.29, 1.82) is 0 Å². The molecule has 0 bridgehead atoms. The third-order valence-electron chi connectivity index (χ3n) is 13.4. The summed E-state index contributed by atoms with van der Waals surface area (Å²) < 4.78 is 5.48. The molecule has 0 aliphatic heterocycles. The summed E-state index contributed by atoms with van der Waals surface area (Å²) in [5.74, 6) is -0.0190. The number of aliphatic hydroxyl groups excluding tert-OH is 2. The SMILES string of the molecule is CCCCCCCCCCCCCCCC(=O)OCCCCCCCCCCCCCCCCCCCCCCCCCC(=O)NC(CO)C(O)CCCCCCCCCCC. The molecule has 0 aliphatic rings. The molecule has 6 heteroatoms. The lowest BCUT2D eigenvalue weighted by Crippen LogP contribution is -2.45. The van der Waals surface area contributed by atoms with Gasteiger partial charge < -0.3 is 20.3 Å². The second kappa shape index (κ2) is 52.5. The molecule has 2 unspecified atom stereocenters. The molecule has 62 heavy (non-hydrogen) atoms. The minimum atomic E-state index is -0.660. The molecule has 0 aromatic carbocycles. The largest absolute Gasteiger partial charge is 0.466 e. The van der Waals surface area contributed by atoms with E-state index in [0.29, 0.717) is 25.9 Å². The van der Waals surface area contributed by atoms with E-state index in [0.717, 1.165) is 38.5 Å². The standard InChI is InChI=1S/C56H111NO5/c1-3-5-7-9-11-13-14-26-30-34-38-42-46-50-56(61)62-51-47-43-39-35-31-28-25-23-21-19-17-15-16-18-20-22-24-27-29-33-37-41-45-49-55(60)57-53(52-58)54(59)48-44-40-36-32-12-10-8-6-4-2/h53-54,58-59H,3-52H2,1-2H3,(H,57,60). The maximum atomic E-state index is 12.4. The molecule has 0 saturated carbocycles. The molecule has 0 heterocycles. The molecule has 0 rings (SSSR count). The zero-order valence-electron chi connectivity index (χ0n) is 42.1. The van der Waals surface area contributed by atoms with Crippen LogP contribution in [0.25, 0.3) is 0 Å². The van der Waals surface area contributed by atoms with Gasteiger partial charge in [0, 0.05) is 12.8 Å². The zero-order chi connectivity index (χ0) is 45.1. The second-order valence-corrected chi connectivity index (χ2v) is 19.6. The molecule has 0 aromatic heterocycles. The number of amides is 1. The number of hydrogen-bond acceptors (Lipinski definition) is 5. The Hall–Kier alpha value is -1.14. The van der Waals surface area contributed by atoms with Crippen molar-refractivity contribution in [2.24, 2.45) is 0 Å². The van der Waals surface area contributed by atoms with Crippen LogP contribution < -0.4 is 5.32 Å². The van der Waals surface area contributed by atoms with Crippen molar-refractivity contribution < 1.29 is 24.5 Å². The van der Waals surface area contributed by atoms with Crippen LogP contribution in [0.2, 0.25) is 0 Å². The highest BCUT2D eigenvalue weighted by Gasteiger charge is 2.20. The van der Waals surface area contributed by atoms with Gasteiger partial charge in [0.1, 0.15) is 0 Å². The third-order valence-corrected chi connectivity index (χ3v) is 13.4. The van der Waals surface area contributed by atoms with Gasteiger partial charge in [-0.15, -0.1) is 0 Å². The number of carbonyl (C=O) groups is 2. The summed E-state index contributed by atoms with van der Waals surface area (Å²) in [7, 11) is 0. The summed E-state index contributed by atoms with van der Waals surface area (Å²) >= 11 is 0. The highest BCUT2D eigenvalue weighted by Crippen LogP contribution is 2.18. The van der Waals surface area contributed by atoms with Gasteiger partial charge in [0.2, 0.25) is 5.91 Å². The van der Waals surface area contributed by atoms with E-state index in [-0.39, 0.29) is 18.5 Å². The molecule has 0 fully saturated rings. The van der Waals surface area contributed by atoms with Crippen molar-refractivity contribution in [2.75, 3.05) is 13.2 Å². The number of hydrogen-bond donors (Lipinski definition) is 3. The molecule has 0 radical (unpaired) electrons. The Morgan fingerprint density at radius 1 is 0.387 bits per heavy atom. The lowest BCUT2D eigenvalue weighted by atomic mass is 10.0. The molecule has 0 aliphatic carbocycles. The molecule has 0 aromatic rings. The van der Waals surface area contributed by atoms with Crippen molar-refractivity contribution in [3.8, 4) is 0 Å². The highest BCUT2D eigenvalue weighted by atomic mass is 16.5. The van der Waals surface area contributed by atoms with Gasteiger partial charge in [0.05, 0.1) is 25.4 Å². The molecule has 370 valence electrons. The van der Waals surface area contributed by atoms with Crippen molar-refractivity contribution >= 4 is 11.9 Å². The van der Waals surface area contributed by atoms with Crippen LogP contribution in [0, 0.1) is 0 Å². The summed E-state index contributed by atoms with van der Waals surface area (Å²) in [5, 5.41) is 23.1. The lowest BCUT2D eigenvalue weighted by molar-refractivity contribution is -0.143. The van der Waals surface area contributed by atoms with E-state index in [2.05, 4.69) is 19.2 Å². The predicted octanol–water partition coefficient (Wildman–Crippen LogP) is 17.1. The van der Waals surface area contributed by atoms with Crippen molar-refractivity contribution in [3.63, 3.8) is 0 Å². The van der Waals surface area contributed by atoms with E-state index in [1.807, 2.05) is 0 Å². The second-order valence-electron chi connectivity index (χ2n) is 19.6. The van der Waals surface area contributed by atoms with E-state index >= 15 is 0 Å². The number of aliphatic hydroxyl groups is 2. The van der Waals surface area contributed by atoms with Crippen molar-refractivity contribution in [3.05, 3.63) is 0 Å². The van der Waals surface area contributed by atoms with Crippen LogP contribution in [-0.4, -0.2) is 47.4 Å². The fourth-order valence-electron chi connectivity index (χ4n) is 9.05. The molecule has 6 nitrogen and oxygen atoms in total. The number of nitrogens with one attached hydrogen (secondary N) is 1. The van der Waals surface area contributed by atoms with Gasteiger partial charge in [-0.05, 0) is 25.7 Å². The number of rotatable bonds is 53. The normalized spacial score (nSPS) is 12.5. The van der Waals surface area contributed by atoms with Gasteiger partial charge >= 0.3 is 5.97 Å². The Morgan fingerprint density at radius 3 is 0.984 bits per heavy atom. The van der Waals surface area contributed by atoms with Crippen LogP contribution in [0.3, 0.4) is 0 Å². The van der Waals surface area contributed by atoms with E-state index in [1.54, 1.807) is 0 Å². The molecule has 0 saturated heterocycles. The summed E-state index contributed by atoms with van der Waals surface area (Å²) in [5.41, 5.74) is 0. The smallest absolute Gasteiger partial charge is 0.305 e. The van der Waals surface area contributed by atoms with Gasteiger partial charge in [-0.25, -0.2) is 0 Å². The Bertz CT molecular complexity index is 882. The van der Waals surface area contributed by atoms with Crippen LogP contribution in [0.5, 0.6) is 0 Å². The average Bonchev–Trinajstić information content (AvgIpc) is 3.27. The maximum Gasteiger partial charge on any atom is 0.305 e. The zero-order valence-corrected chi connectivity index (χ0v) is 42.1. The Kier molecular flexibility index (Phi) is 51.5. The van der Waals surface area contributed by atoms with Crippen LogP contribution in [0.4, 0.5) is 0 Å². The van der Waals surface area contributed by atoms with Gasteiger partial charge in [-0.1, -0.05) is 284 Å². The van der Waals surface area contributed by atoms with E-state index in [9.17, 15) is 19.8 Å². The number of ether oxygens (including phenoxy) is 1. The molecule has 0 spiro atoms. The van der Waals surface area contributed by atoms with Crippen LogP contribution in [0.1, 0.15) is 322 Å². The molecule has 2 atom stereocenters. The topological polar surface area (TPSA) is 95.9 Å². The fraction of sp³-hybridized carbons (Fsp3) is 0.964. The van der Waals surface area contributed by atoms with Gasteiger partial charge in [-0.3, -0.25) is 9.59 Å². The molecular formula is C56H111NO5. The van der Waals surface area contributed by atoms with E-state index in [4.69, 9.17) is 4.74 Å². The first kappa shape index (κ1) is 60.9. The van der Waals surface area contributed by atoms with Crippen LogP contribution in [-0.2, 0) is 14.3 Å². The average molecular weight is 879 g/mol. The maximum absolute atomic E-state index is 12.4. The number of unbranched alkanes of at least 4 members (excludes halogenated alkanes) is 42. The van der Waals surface area contributed by atoms with Crippen molar-refractivity contribution in [2.45, 2.75) is 334 Å². The minimum absolute atomic E-state index is 0.0164. The summed E-state index contributed by atoms with van der Waals surface area (Å²) in [6.45, 7) is 4.95. The molecule has 1 amide bonds. The van der Waals surface area contributed by atoms with Crippen LogP contribution in [0.15, 0.2) is 0 Å². The molecule has 3 N–H and O–H groups in total. The highest BCUT2D eigenvalue weighted by molar-refractivity contribution is 5.76. The van der Waals surface area contributed by atoms with Gasteiger partial charge in [0.25, 0.3) is 0 Å². The fourth-order valence-corrected chi connectivity index (χ4v) is 9.05. The van der Waals surface area contributed by atoms with E-state index < -0.39 is 12.1 Å². The molecular weight excluding hydrogens is 767 g/mol. The first-order valence-corrected chi connectivity index (χ1v) is 28.3. The Labute approximate surface area is 387 Å². The first-order valence-electron chi connectivity index (χ1n) is 28.3. The first-order chi connectivity index (χ1) is 30.5. The Morgan fingerprint density at radius 2 is 0.661 bits per heavy atom. The summed E-state index contributed by atoms with van der Waals surface area (Å²) in [6, 6.07) is -0.537. The van der Waals surface area contributed by atoms with Crippen molar-refractivity contribution in [1.82, 2.24) is 5.32 Å². The Balaban J connectivity index is 3.32. The lowest BCUT2D eigenvalue weighted by Gasteiger charge is -2.22. The van der Waals surface area contributed by atoms with Gasteiger partial charge in [0.15, 0.2) is 0 Å². The monoisotopic (exact) mass is 878 g/mol. The predicted molar refractivity (Wildman–Crippen MR) is 269 cm³/mol. The third kappa shape index (κ3) is 48.3. The number of carbonyl (C=O) groups excluding carboxylic acids is 2. The minimum Gasteiger partial charge on any atom is -0.466 e. The number of esters is 1. The van der Waals surface area contributed by atoms with E-state index in [1.165, 1.54) is 250 Å². The van der Waals surface area contributed by atoms with Gasteiger partial charge in [-0.2, -0.15) is 0 Å². The van der Waals surface area contributed by atoms with Crippen LogP contribution >= 0.6 is 0 Å².